The van der Waals surface area contributed by atoms with E-state index in [1.165, 1.54) is 26.6 Å². The van der Waals surface area contributed by atoms with E-state index in [0.717, 1.165) is 0 Å². The summed E-state index contributed by atoms with van der Waals surface area (Å²) in [7, 11) is 2.92. The number of halogens is 2. The molecule has 4 N–H and O–H groups in total. The summed E-state index contributed by atoms with van der Waals surface area (Å²) in [6, 6.07) is 6.59. The highest BCUT2D eigenvalue weighted by Gasteiger charge is 2.08. The summed E-state index contributed by atoms with van der Waals surface area (Å²) in [4.78, 5) is 0. The van der Waals surface area contributed by atoms with Gasteiger partial charge in [0.2, 0.25) is 5.11 Å². The Bertz CT molecular complexity index is 864. The molecule has 8 nitrogen and oxygen atoms in total. The molecule has 0 saturated carbocycles. The normalized spacial score (nSPS) is 11.0. The van der Waals surface area contributed by atoms with E-state index in [9.17, 15) is 10.2 Å². The fourth-order valence-corrected chi connectivity index (χ4v) is 3.03. The minimum atomic E-state index is 0.0108. The van der Waals surface area contributed by atoms with E-state index in [1.54, 1.807) is 24.3 Å². The third-order valence-electron chi connectivity index (χ3n) is 3.30. The number of hydrogen-bond donors (Lipinski definition) is 4. The second-order valence-corrected chi connectivity index (χ2v) is 7.29. The average Bonchev–Trinajstić information content (AvgIpc) is 2.67. The molecule has 0 atom stereocenters. The zero-order valence-corrected chi connectivity index (χ0v) is 18.7. The molecule has 0 fully saturated rings. The lowest BCUT2D eigenvalue weighted by Crippen LogP contribution is -2.28. The molecule has 148 valence electrons. The number of phenolic OH excluding ortho intramolecular Hbond substituents is 2. The van der Waals surface area contributed by atoms with Gasteiger partial charge in [-0.2, -0.15) is 10.2 Å². The van der Waals surface area contributed by atoms with Crippen LogP contribution < -0.4 is 20.3 Å². The molecule has 2 rings (SSSR count). The van der Waals surface area contributed by atoms with Crippen molar-refractivity contribution in [2.75, 3.05) is 14.2 Å². The van der Waals surface area contributed by atoms with Crippen LogP contribution in [0.3, 0.4) is 0 Å². The molecule has 0 radical (unpaired) electrons. The van der Waals surface area contributed by atoms with Crippen molar-refractivity contribution >= 4 is 61.6 Å². The van der Waals surface area contributed by atoms with Crippen LogP contribution in [-0.2, 0) is 0 Å². The van der Waals surface area contributed by atoms with Crippen LogP contribution >= 0.6 is 44.1 Å². The molecule has 0 aliphatic carbocycles. The molecular formula is C17H16Br2N4O4S. The molecule has 0 aliphatic rings. The lowest BCUT2D eigenvalue weighted by molar-refractivity contribution is 0.372. The highest BCUT2D eigenvalue weighted by Crippen LogP contribution is 2.35. The van der Waals surface area contributed by atoms with Gasteiger partial charge in [-0.3, -0.25) is 10.9 Å². The Hall–Kier alpha value is -2.37. The summed E-state index contributed by atoms with van der Waals surface area (Å²) >= 11 is 11.6. The van der Waals surface area contributed by atoms with Crippen LogP contribution in [0.4, 0.5) is 0 Å². The number of benzene rings is 2. The van der Waals surface area contributed by atoms with Gasteiger partial charge in [0, 0.05) is 0 Å². The monoisotopic (exact) mass is 530 g/mol. The topological polar surface area (TPSA) is 108 Å². The number of ether oxygens (including phenoxy) is 2. The first-order chi connectivity index (χ1) is 13.3. The van der Waals surface area contributed by atoms with Crippen molar-refractivity contribution in [3.63, 3.8) is 0 Å². The van der Waals surface area contributed by atoms with Crippen LogP contribution in [0.25, 0.3) is 0 Å². The number of aromatic hydroxyl groups is 2. The predicted octanol–water partition coefficient (Wildman–Crippen LogP) is 3.47. The number of hydrazone groups is 2. The number of nitrogens with zero attached hydrogens (tertiary/aromatic N) is 2. The maximum atomic E-state index is 9.79. The van der Waals surface area contributed by atoms with Crippen molar-refractivity contribution in [1.82, 2.24) is 10.9 Å². The SMILES string of the molecule is COc1cc(/C=N/NC(=S)N/N=C/c2cc(Br)c(O)c(OC)c2)cc(Br)c1O. The molecule has 0 aliphatic heterocycles. The van der Waals surface area contributed by atoms with E-state index in [2.05, 4.69) is 52.9 Å². The third-order valence-corrected chi connectivity index (χ3v) is 4.69. The van der Waals surface area contributed by atoms with Crippen LogP contribution in [-0.4, -0.2) is 42.0 Å². The summed E-state index contributed by atoms with van der Waals surface area (Å²) in [6.45, 7) is 0. The van der Waals surface area contributed by atoms with Crippen molar-refractivity contribution in [3.8, 4) is 23.0 Å². The molecule has 0 aromatic heterocycles. The van der Waals surface area contributed by atoms with E-state index >= 15 is 0 Å². The van der Waals surface area contributed by atoms with E-state index in [-0.39, 0.29) is 16.6 Å². The van der Waals surface area contributed by atoms with Crippen LogP contribution in [0.5, 0.6) is 23.0 Å². The van der Waals surface area contributed by atoms with E-state index in [1.807, 2.05) is 0 Å². The van der Waals surface area contributed by atoms with Crippen molar-refractivity contribution in [2.24, 2.45) is 10.2 Å². The van der Waals surface area contributed by atoms with Gasteiger partial charge < -0.3 is 19.7 Å². The fourth-order valence-electron chi connectivity index (χ4n) is 2.00. The lowest BCUT2D eigenvalue weighted by atomic mass is 10.2. The first-order valence-electron chi connectivity index (χ1n) is 7.60. The number of methoxy groups -OCH3 is 2. The third kappa shape index (κ3) is 5.81. The summed E-state index contributed by atoms with van der Waals surface area (Å²) in [5, 5.41) is 27.7. The minimum Gasteiger partial charge on any atom is -0.503 e. The first kappa shape index (κ1) is 21.9. The summed E-state index contributed by atoms with van der Waals surface area (Å²) in [5.74, 6) is 0.654. The zero-order chi connectivity index (χ0) is 20.7. The number of nitrogens with one attached hydrogen (secondary N) is 2. The smallest absolute Gasteiger partial charge is 0.207 e. The van der Waals surface area contributed by atoms with E-state index in [0.29, 0.717) is 31.6 Å². The molecule has 11 heteroatoms. The van der Waals surface area contributed by atoms with Crippen molar-refractivity contribution in [1.29, 1.82) is 0 Å². The largest absolute Gasteiger partial charge is 0.503 e. The zero-order valence-electron chi connectivity index (χ0n) is 14.7. The Morgan fingerprint density at radius 3 is 1.64 bits per heavy atom. The van der Waals surface area contributed by atoms with Gasteiger partial charge in [-0.05, 0) is 79.5 Å². The number of hydrogen-bond acceptors (Lipinski definition) is 7. The van der Waals surface area contributed by atoms with Crippen molar-refractivity contribution in [2.45, 2.75) is 0 Å². The molecule has 0 unspecified atom stereocenters. The molecule has 0 bridgehead atoms. The minimum absolute atomic E-state index is 0.0108. The number of thiocarbonyl (C=S) groups is 1. The molecule has 0 spiro atoms. The quantitative estimate of drug-likeness (QED) is 0.257. The highest BCUT2D eigenvalue weighted by atomic mass is 79.9. The van der Waals surface area contributed by atoms with Crippen LogP contribution in [0.1, 0.15) is 11.1 Å². The van der Waals surface area contributed by atoms with Crippen LogP contribution in [0.2, 0.25) is 0 Å². The summed E-state index contributed by atoms with van der Waals surface area (Å²) < 4.78 is 11.1. The van der Waals surface area contributed by atoms with Gasteiger partial charge in [0.05, 0.1) is 35.6 Å². The van der Waals surface area contributed by atoms with Gasteiger partial charge in [0.15, 0.2) is 23.0 Å². The Kier molecular flexibility index (Phi) is 8.03. The predicted molar refractivity (Wildman–Crippen MR) is 119 cm³/mol. The van der Waals surface area contributed by atoms with Crippen molar-refractivity contribution in [3.05, 3.63) is 44.3 Å². The van der Waals surface area contributed by atoms with Crippen LogP contribution in [0, 0.1) is 0 Å². The van der Waals surface area contributed by atoms with Crippen molar-refractivity contribution < 1.29 is 19.7 Å². The second kappa shape index (κ2) is 10.2. The summed E-state index contributed by atoms with van der Waals surface area (Å²) in [5.41, 5.74) is 6.59. The Morgan fingerprint density at radius 1 is 0.893 bits per heavy atom. The molecule has 0 saturated heterocycles. The average molecular weight is 532 g/mol. The standard InChI is InChI=1S/C17H16Br2N4O4S/c1-26-13-5-9(3-11(18)15(13)24)7-20-22-17(28)23-21-8-10-4-12(19)16(25)14(6-10)27-2/h3-8,24-25H,1-2H3,(H2,22,23,28)/b20-7+,21-8+. The highest BCUT2D eigenvalue weighted by molar-refractivity contribution is 9.10. The van der Waals surface area contributed by atoms with E-state index < -0.39 is 0 Å². The van der Waals surface area contributed by atoms with Gasteiger partial charge in [0.1, 0.15) is 0 Å². The molecule has 28 heavy (non-hydrogen) atoms. The second-order valence-electron chi connectivity index (χ2n) is 5.18. The molecule has 2 aromatic rings. The fraction of sp³-hybridized carbons (Fsp3) is 0.118. The Morgan fingerprint density at radius 2 is 1.29 bits per heavy atom. The first-order valence-corrected chi connectivity index (χ1v) is 9.60. The van der Waals surface area contributed by atoms with Crippen LogP contribution in [0.15, 0.2) is 43.4 Å². The number of phenols is 2. The number of rotatable bonds is 6. The summed E-state index contributed by atoms with van der Waals surface area (Å²) in [6.07, 6.45) is 3.01. The molecule has 0 heterocycles. The maximum absolute atomic E-state index is 9.79. The van der Waals surface area contributed by atoms with Gasteiger partial charge in [-0.25, -0.2) is 0 Å². The Labute approximate surface area is 183 Å². The van der Waals surface area contributed by atoms with Gasteiger partial charge in [-0.1, -0.05) is 0 Å². The maximum Gasteiger partial charge on any atom is 0.207 e. The Balaban J connectivity index is 1.94. The molecule has 2 aromatic carbocycles. The van der Waals surface area contributed by atoms with Gasteiger partial charge in [0.25, 0.3) is 0 Å². The van der Waals surface area contributed by atoms with Gasteiger partial charge >= 0.3 is 0 Å². The van der Waals surface area contributed by atoms with Gasteiger partial charge in [-0.15, -0.1) is 0 Å². The molecule has 0 amide bonds. The van der Waals surface area contributed by atoms with E-state index in [4.69, 9.17) is 21.7 Å². The lowest BCUT2D eigenvalue weighted by Gasteiger charge is -2.07. The molecular weight excluding hydrogens is 516 g/mol.